The average Bonchev–Trinajstić information content (AvgIpc) is 3.12. The van der Waals surface area contributed by atoms with Crippen LogP contribution in [0.15, 0.2) is 73.1 Å². The van der Waals surface area contributed by atoms with E-state index in [1.807, 2.05) is 48.7 Å². The maximum Gasteiger partial charge on any atom is 0.219 e. The molecule has 6 heteroatoms. The summed E-state index contributed by atoms with van der Waals surface area (Å²) in [5, 5.41) is 1.02. The molecule has 0 aliphatic heterocycles. The zero-order valence-electron chi connectivity index (χ0n) is 15.2. The highest BCUT2D eigenvalue weighted by molar-refractivity contribution is 5.86. The van der Waals surface area contributed by atoms with Crippen LogP contribution in [0.1, 0.15) is 11.1 Å². The van der Waals surface area contributed by atoms with Gasteiger partial charge in [-0.1, -0.05) is 18.2 Å². The van der Waals surface area contributed by atoms with E-state index in [2.05, 4.69) is 15.6 Å². The summed E-state index contributed by atoms with van der Waals surface area (Å²) in [5.41, 5.74) is 8.86. The molecule has 0 aliphatic rings. The number of nitrogens with two attached hydrogens (primary N) is 1. The summed E-state index contributed by atoms with van der Waals surface area (Å²) in [6.45, 7) is 1.25. The van der Waals surface area contributed by atoms with E-state index in [0.717, 1.165) is 40.7 Å². The number of benzene rings is 2. The first kappa shape index (κ1) is 19.9. The Kier molecular flexibility index (Phi) is 6.29. The van der Waals surface area contributed by atoms with Gasteiger partial charge in [0.05, 0.1) is 5.52 Å². The minimum Gasteiger partial charge on any atom is -0.438 e. The normalized spacial score (nSPS) is 10.6. The average molecular weight is 398 g/mol. The third kappa shape index (κ3) is 4.32. The molecule has 0 spiro atoms. The molecule has 0 saturated carbocycles. The Morgan fingerprint density at radius 1 is 1.00 bits per heavy atom. The van der Waals surface area contributed by atoms with Gasteiger partial charge in [-0.15, -0.1) is 12.4 Å². The summed E-state index contributed by atoms with van der Waals surface area (Å²) in [7, 11) is 0. The SMILES string of the molecule is Cl.NCc1ccnc(Oc2cccc3c2ccn3CCc2ccc(F)cc2)c1. The van der Waals surface area contributed by atoms with Crippen molar-refractivity contribution >= 4 is 23.3 Å². The molecule has 0 radical (unpaired) electrons. The van der Waals surface area contributed by atoms with Gasteiger partial charge in [0.25, 0.3) is 0 Å². The molecule has 0 aliphatic carbocycles. The molecule has 0 atom stereocenters. The summed E-state index contributed by atoms with van der Waals surface area (Å²) < 4.78 is 21.2. The topological polar surface area (TPSA) is 53.1 Å². The van der Waals surface area contributed by atoms with E-state index >= 15 is 0 Å². The quantitative estimate of drug-likeness (QED) is 0.493. The molecule has 4 aromatic rings. The predicted octanol–water partition coefficient (Wildman–Crippen LogP) is 5.09. The standard InChI is InChI=1S/C22H20FN3O.ClH/c23-18-6-4-16(5-7-18)9-12-26-13-10-19-20(26)2-1-3-21(19)27-22-14-17(15-24)8-11-25-22;/h1-8,10-11,13-14H,9,12,15,24H2;1H. The van der Waals surface area contributed by atoms with Crippen LogP contribution in [0.4, 0.5) is 4.39 Å². The van der Waals surface area contributed by atoms with Gasteiger partial charge in [0.1, 0.15) is 11.6 Å². The number of ether oxygens (including phenoxy) is 1. The highest BCUT2D eigenvalue weighted by atomic mass is 35.5. The lowest BCUT2D eigenvalue weighted by Crippen LogP contribution is -2.00. The molecule has 2 heterocycles. The first-order valence-corrected chi connectivity index (χ1v) is 8.88. The van der Waals surface area contributed by atoms with Gasteiger partial charge < -0.3 is 15.0 Å². The van der Waals surface area contributed by atoms with E-state index < -0.39 is 0 Å². The van der Waals surface area contributed by atoms with Crippen LogP contribution in [0, 0.1) is 5.82 Å². The molecule has 4 rings (SSSR count). The van der Waals surface area contributed by atoms with E-state index in [1.165, 1.54) is 12.1 Å². The molecular weight excluding hydrogens is 377 g/mol. The van der Waals surface area contributed by atoms with Gasteiger partial charge in [-0.2, -0.15) is 0 Å². The highest BCUT2D eigenvalue weighted by Gasteiger charge is 2.09. The van der Waals surface area contributed by atoms with E-state index in [9.17, 15) is 4.39 Å². The van der Waals surface area contributed by atoms with Crippen molar-refractivity contribution in [2.45, 2.75) is 19.5 Å². The van der Waals surface area contributed by atoms with Crippen molar-refractivity contribution in [3.8, 4) is 11.6 Å². The third-order valence-electron chi connectivity index (χ3n) is 4.58. The summed E-state index contributed by atoms with van der Waals surface area (Å²) in [6, 6.07) is 18.4. The van der Waals surface area contributed by atoms with E-state index in [4.69, 9.17) is 10.5 Å². The molecule has 2 N–H and O–H groups in total. The number of pyridine rings is 1. The molecular formula is C22H21ClFN3O. The number of halogens is 2. The van der Waals surface area contributed by atoms with E-state index in [0.29, 0.717) is 12.4 Å². The number of nitrogens with zero attached hydrogens (tertiary/aromatic N) is 2. The van der Waals surface area contributed by atoms with Crippen molar-refractivity contribution in [2.24, 2.45) is 5.73 Å². The Labute approximate surface area is 169 Å². The van der Waals surface area contributed by atoms with Crippen LogP contribution in [0.25, 0.3) is 10.9 Å². The zero-order valence-corrected chi connectivity index (χ0v) is 16.0. The minimum absolute atomic E-state index is 0. The van der Waals surface area contributed by atoms with Crippen LogP contribution in [-0.4, -0.2) is 9.55 Å². The van der Waals surface area contributed by atoms with Crippen molar-refractivity contribution in [1.82, 2.24) is 9.55 Å². The lowest BCUT2D eigenvalue weighted by Gasteiger charge is -2.09. The van der Waals surface area contributed by atoms with Crippen LogP contribution in [-0.2, 0) is 19.5 Å². The second kappa shape index (κ2) is 8.87. The van der Waals surface area contributed by atoms with Crippen LogP contribution < -0.4 is 10.5 Å². The Bertz CT molecular complexity index is 1060. The number of fused-ring (bicyclic) bond motifs is 1. The molecule has 0 unspecified atom stereocenters. The molecule has 2 aromatic heterocycles. The predicted molar refractivity (Wildman–Crippen MR) is 111 cm³/mol. The fourth-order valence-electron chi connectivity index (χ4n) is 3.13. The Morgan fingerprint density at radius 3 is 2.61 bits per heavy atom. The first-order valence-electron chi connectivity index (χ1n) is 8.88. The lowest BCUT2D eigenvalue weighted by molar-refractivity contribution is 0.467. The van der Waals surface area contributed by atoms with Crippen molar-refractivity contribution in [3.63, 3.8) is 0 Å². The summed E-state index contributed by atoms with van der Waals surface area (Å²) >= 11 is 0. The fraction of sp³-hybridized carbons (Fsp3) is 0.136. The second-order valence-electron chi connectivity index (χ2n) is 6.38. The third-order valence-corrected chi connectivity index (χ3v) is 4.58. The second-order valence-corrected chi connectivity index (χ2v) is 6.38. The molecule has 0 bridgehead atoms. The lowest BCUT2D eigenvalue weighted by atomic mass is 10.1. The number of hydrogen-bond donors (Lipinski definition) is 1. The van der Waals surface area contributed by atoms with Gasteiger partial charge >= 0.3 is 0 Å². The van der Waals surface area contributed by atoms with Gasteiger partial charge in [-0.25, -0.2) is 9.37 Å². The van der Waals surface area contributed by atoms with Crippen LogP contribution >= 0.6 is 12.4 Å². The Morgan fingerprint density at radius 2 is 1.82 bits per heavy atom. The molecule has 0 fully saturated rings. The van der Waals surface area contributed by atoms with Crippen molar-refractivity contribution < 1.29 is 9.13 Å². The van der Waals surface area contributed by atoms with Crippen molar-refractivity contribution in [2.75, 3.05) is 0 Å². The molecule has 144 valence electrons. The molecule has 0 saturated heterocycles. The number of hydrogen-bond acceptors (Lipinski definition) is 3. The van der Waals surface area contributed by atoms with Crippen molar-refractivity contribution in [1.29, 1.82) is 0 Å². The number of aryl methyl sites for hydroxylation is 2. The highest BCUT2D eigenvalue weighted by Crippen LogP contribution is 2.30. The van der Waals surface area contributed by atoms with Gasteiger partial charge in [-0.3, -0.25) is 0 Å². The summed E-state index contributed by atoms with van der Waals surface area (Å²) in [5.74, 6) is 1.08. The van der Waals surface area contributed by atoms with E-state index in [1.54, 1.807) is 6.20 Å². The van der Waals surface area contributed by atoms with Crippen molar-refractivity contribution in [3.05, 3.63) is 90.0 Å². The molecule has 0 amide bonds. The first-order chi connectivity index (χ1) is 13.2. The summed E-state index contributed by atoms with van der Waals surface area (Å²) in [4.78, 5) is 4.26. The molecule has 28 heavy (non-hydrogen) atoms. The van der Waals surface area contributed by atoms with Gasteiger partial charge in [-0.05, 0) is 53.9 Å². The van der Waals surface area contributed by atoms with E-state index in [-0.39, 0.29) is 18.2 Å². The largest absolute Gasteiger partial charge is 0.438 e. The number of rotatable bonds is 6. The molecule has 4 nitrogen and oxygen atoms in total. The Balaban J connectivity index is 0.00000225. The minimum atomic E-state index is -0.209. The maximum absolute atomic E-state index is 13.0. The maximum atomic E-state index is 13.0. The smallest absolute Gasteiger partial charge is 0.219 e. The fourth-order valence-corrected chi connectivity index (χ4v) is 3.13. The number of aromatic nitrogens is 2. The zero-order chi connectivity index (χ0) is 18.6. The van der Waals surface area contributed by atoms with Gasteiger partial charge in [0, 0.05) is 36.9 Å². The van der Waals surface area contributed by atoms with Crippen LogP contribution in [0.3, 0.4) is 0 Å². The van der Waals surface area contributed by atoms with Crippen LogP contribution in [0.2, 0.25) is 0 Å². The van der Waals surface area contributed by atoms with Gasteiger partial charge in [0.15, 0.2) is 0 Å². The monoisotopic (exact) mass is 397 g/mol. The van der Waals surface area contributed by atoms with Gasteiger partial charge in [0.2, 0.25) is 5.88 Å². The Hall–Kier alpha value is -2.89. The summed E-state index contributed by atoms with van der Waals surface area (Å²) in [6.07, 6.45) is 4.57. The molecule has 2 aromatic carbocycles. The van der Waals surface area contributed by atoms with Crippen LogP contribution in [0.5, 0.6) is 11.6 Å².